The SMILES string of the molecule is COCCNC(=O)CN1CCCCC1. The smallest absolute Gasteiger partial charge is 0.234 e. The van der Waals surface area contributed by atoms with E-state index in [1.165, 1.54) is 19.3 Å². The van der Waals surface area contributed by atoms with Gasteiger partial charge in [0.05, 0.1) is 13.2 Å². The van der Waals surface area contributed by atoms with Gasteiger partial charge in [0.25, 0.3) is 0 Å². The summed E-state index contributed by atoms with van der Waals surface area (Å²) >= 11 is 0. The van der Waals surface area contributed by atoms with Gasteiger partial charge in [-0.3, -0.25) is 9.69 Å². The molecule has 1 aliphatic heterocycles. The summed E-state index contributed by atoms with van der Waals surface area (Å²) in [7, 11) is 1.64. The predicted molar refractivity (Wildman–Crippen MR) is 55.2 cm³/mol. The summed E-state index contributed by atoms with van der Waals surface area (Å²) in [6, 6.07) is 0. The van der Waals surface area contributed by atoms with Crippen molar-refractivity contribution in [3.63, 3.8) is 0 Å². The van der Waals surface area contributed by atoms with Crippen LogP contribution in [0.25, 0.3) is 0 Å². The Morgan fingerprint density at radius 1 is 1.36 bits per heavy atom. The summed E-state index contributed by atoms with van der Waals surface area (Å²) in [6.45, 7) is 3.88. The van der Waals surface area contributed by atoms with Crippen LogP contribution in [-0.2, 0) is 9.53 Å². The molecule has 4 nitrogen and oxygen atoms in total. The van der Waals surface area contributed by atoms with E-state index in [4.69, 9.17) is 4.74 Å². The average molecular weight is 200 g/mol. The summed E-state index contributed by atoms with van der Waals surface area (Å²) in [5, 5.41) is 2.83. The molecule has 1 N–H and O–H groups in total. The van der Waals surface area contributed by atoms with Crippen molar-refractivity contribution in [3.8, 4) is 0 Å². The first-order valence-electron chi connectivity index (χ1n) is 5.31. The van der Waals surface area contributed by atoms with Gasteiger partial charge in [-0.25, -0.2) is 0 Å². The number of hydrogen-bond donors (Lipinski definition) is 1. The lowest BCUT2D eigenvalue weighted by molar-refractivity contribution is -0.122. The zero-order valence-electron chi connectivity index (χ0n) is 8.92. The van der Waals surface area contributed by atoms with Gasteiger partial charge in [0.15, 0.2) is 0 Å². The van der Waals surface area contributed by atoms with Gasteiger partial charge in [-0.05, 0) is 25.9 Å². The molecule has 0 bridgehead atoms. The average Bonchev–Trinajstić information content (AvgIpc) is 2.20. The third-order valence-corrected chi connectivity index (χ3v) is 2.44. The van der Waals surface area contributed by atoms with E-state index < -0.39 is 0 Å². The Balaban J connectivity index is 2.06. The van der Waals surface area contributed by atoms with E-state index >= 15 is 0 Å². The molecule has 0 saturated carbocycles. The molecule has 1 saturated heterocycles. The molecule has 1 heterocycles. The fourth-order valence-electron chi connectivity index (χ4n) is 1.67. The Hall–Kier alpha value is -0.610. The second-order valence-corrected chi connectivity index (χ2v) is 3.68. The van der Waals surface area contributed by atoms with E-state index in [-0.39, 0.29) is 5.91 Å². The molecule has 4 heteroatoms. The van der Waals surface area contributed by atoms with Gasteiger partial charge in [0.1, 0.15) is 0 Å². The van der Waals surface area contributed by atoms with Crippen LogP contribution in [0.1, 0.15) is 19.3 Å². The lowest BCUT2D eigenvalue weighted by atomic mass is 10.1. The maximum absolute atomic E-state index is 11.4. The van der Waals surface area contributed by atoms with Crippen molar-refractivity contribution in [3.05, 3.63) is 0 Å². The van der Waals surface area contributed by atoms with E-state index in [0.717, 1.165) is 13.1 Å². The summed E-state index contributed by atoms with van der Waals surface area (Å²) in [5.74, 6) is 0.115. The number of ether oxygens (including phenoxy) is 1. The highest BCUT2D eigenvalue weighted by Crippen LogP contribution is 2.07. The quantitative estimate of drug-likeness (QED) is 0.646. The molecule has 0 aromatic heterocycles. The van der Waals surface area contributed by atoms with Crippen molar-refractivity contribution in [2.75, 3.05) is 39.9 Å². The maximum atomic E-state index is 11.4. The second kappa shape index (κ2) is 6.79. The molecule has 1 aliphatic rings. The number of carbonyl (C=O) groups is 1. The minimum Gasteiger partial charge on any atom is -0.383 e. The maximum Gasteiger partial charge on any atom is 0.234 e. The van der Waals surface area contributed by atoms with Crippen LogP contribution in [0.3, 0.4) is 0 Å². The van der Waals surface area contributed by atoms with Gasteiger partial charge < -0.3 is 10.1 Å². The molecular weight excluding hydrogens is 180 g/mol. The van der Waals surface area contributed by atoms with Crippen LogP contribution in [0.4, 0.5) is 0 Å². The number of amides is 1. The van der Waals surface area contributed by atoms with Gasteiger partial charge >= 0.3 is 0 Å². The number of nitrogens with one attached hydrogen (secondary N) is 1. The van der Waals surface area contributed by atoms with Gasteiger partial charge in [0, 0.05) is 13.7 Å². The summed E-state index contributed by atoms with van der Waals surface area (Å²) < 4.78 is 4.85. The number of hydrogen-bond acceptors (Lipinski definition) is 3. The highest BCUT2D eigenvalue weighted by molar-refractivity contribution is 5.77. The first kappa shape index (κ1) is 11.5. The van der Waals surface area contributed by atoms with E-state index in [9.17, 15) is 4.79 Å². The number of nitrogens with zero attached hydrogens (tertiary/aromatic N) is 1. The molecule has 1 fully saturated rings. The Kier molecular flexibility index (Phi) is 5.56. The van der Waals surface area contributed by atoms with E-state index in [1.54, 1.807) is 7.11 Å². The minimum atomic E-state index is 0.115. The zero-order chi connectivity index (χ0) is 10.2. The highest BCUT2D eigenvalue weighted by Gasteiger charge is 2.12. The molecule has 0 aliphatic carbocycles. The van der Waals surface area contributed by atoms with Crippen molar-refractivity contribution < 1.29 is 9.53 Å². The molecule has 14 heavy (non-hydrogen) atoms. The number of methoxy groups -OCH3 is 1. The van der Waals surface area contributed by atoms with Crippen molar-refractivity contribution in [2.24, 2.45) is 0 Å². The predicted octanol–water partition coefficient (Wildman–Crippen LogP) is 0.235. The van der Waals surface area contributed by atoms with Crippen molar-refractivity contribution in [1.29, 1.82) is 0 Å². The number of piperidine rings is 1. The number of carbonyl (C=O) groups excluding carboxylic acids is 1. The summed E-state index contributed by atoms with van der Waals surface area (Å²) in [5.41, 5.74) is 0. The molecule has 82 valence electrons. The first-order valence-corrected chi connectivity index (χ1v) is 5.31. The van der Waals surface area contributed by atoms with Gasteiger partial charge in [-0.1, -0.05) is 6.42 Å². The van der Waals surface area contributed by atoms with E-state index in [1.807, 2.05) is 0 Å². The number of likely N-dealkylation sites (tertiary alicyclic amines) is 1. The first-order chi connectivity index (χ1) is 6.83. The Morgan fingerprint density at radius 2 is 2.07 bits per heavy atom. The Labute approximate surface area is 85.6 Å². The molecule has 0 aromatic rings. The molecule has 0 radical (unpaired) electrons. The molecule has 0 atom stereocenters. The molecule has 0 aromatic carbocycles. The van der Waals surface area contributed by atoms with Crippen LogP contribution < -0.4 is 5.32 Å². The standard InChI is InChI=1S/C10H20N2O2/c1-14-8-5-11-10(13)9-12-6-3-2-4-7-12/h2-9H2,1H3,(H,11,13). The third-order valence-electron chi connectivity index (χ3n) is 2.44. The van der Waals surface area contributed by atoms with Crippen LogP contribution in [-0.4, -0.2) is 50.7 Å². The molecule has 0 unspecified atom stereocenters. The van der Waals surface area contributed by atoms with E-state index in [2.05, 4.69) is 10.2 Å². The topological polar surface area (TPSA) is 41.6 Å². The summed E-state index contributed by atoms with van der Waals surface area (Å²) in [4.78, 5) is 13.6. The van der Waals surface area contributed by atoms with Crippen LogP contribution in [0.2, 0.25) is 0 Å². The molecule has 1 rings (SSSR count). The Bertz CT molecular complexity index is 168. The van der Waals surface area contributed by atoms with Crippen LogP contribution in [0, 0.1) is 0 Å². The molecule has 0 spiro atoms. The zero-order valence-corrected chi connectivity index (χ0v) is 8.92. The van der Waals surface area contributed by atoms with Crippen LogP contribution >= 0.6 is 0 Å². The monoisotopic (exact) mass is 200 g/mol. The lowest BCUT2D eigenvalue weighted by Gasteiger charge is -2.25. The third kappa shape index (κ3) is 4.58. The highest BCUT2D eigenvalue weighted by atomic mass is 16.5. The minimum absolute atomic E-state index is 0.115. The van der Waals surface area contributed by atoms with Crippen molar-refractivity contribution in [2.45, 2.75) is 19.3 Å². The fourth-order valence-corrected chi connectivity index (χ4v) is 1.67. The fraction of sp³-hybridized carbons (Fsp3) is 0.900. The van der Waals surface area contributed by atoms with Gasteiger partial charge in [-0.15, -0.1) is 0 Å². The Morgan fingerprint density at radius 3 is 2.71 bits per heavy atom. The van der Waals surface area contributed by atoms with E-state index in [0.29, 0.717) is 19.7 Å². The molecule has 1 amide bonds. The van der Waals surface area contributed by atoms with Crippen LogP contribution in [0.15, 0.2) is 0 Å². The lowest BCUT2D eigenvalue weighted by Crippen LogP contribution is -2.40. The van der Waals surface area contributed by atoms with Crippen LogP contribution in [0.5, 0.6) is 0 Å². The van der Waals surface area contributed by atoms with Crippen molar-refractivity contribution >= 4 is 5.91 Å². The second-order valence-electron chi connectivity index (χ2n) is 3.68. The van der Waals surface area contributed by atoms with Gasteiger partial charge in [0.2, 0.25) is 5.91 Å². The normalized spacial score (nSPS) is 18.1. The molecular formula is C10H20N2O2. The van der Waals surface area contributed by atoms with Crippen molar-refractivity contribution in [1.82, 2.24) is 10.2 Å². The van der Waals surface area contributed by atoms with Gasteiger partial charge in [-0.2, -0.15) is 0 Å². The number of rotatable bonds is 5. The summed E-state index contributed by atoms with van der Waals surface area (Å²) in [6.07, 6.45) is 3.76. The largest absolute Gasteiger partial charge is 0.383 e.